The molecule has 0 aliphatic heterocycles. The molecule has 0 aliphatic rings. The van der Waals surface area contributed by atoms with Crippen LogP contribution in [0.3, 0.4) is 0 Å². The molecule has 0 aromatic heterocycles. The van der Waals surface area contributed by atoms with Crippen molar-refractivity contribution in [2.75, 3.05) is 0 Å². The maximum atomic E-state index is 0. The number of hydrogen-bond acceptors (Lipinski definition) is 0. The third-order valence-corrected chi connectivity index (χ3v) is 0. The van der Waals surface area contributed by atoms with Gasteiger partial charge in [0, 0.05) is 0 Å². The van der Waals surface area contributed by atoms with E-state index in [0.717, 1.165) is 0 Å². The molecule has 0 heterocycles. The van der Waals surface area contributed by atoms with E-state index in [-0.39, 0.29) is 81.8 Å². The van der Waals surface area contributed by atoms with Crippen molar-refractivity contribution < 1.29 is 17.1 Å². The Morgan fingerprint density at radius 1 is 0.750 bits per heavy atom. The van der Waals surface area contributed by atoms with Gasteiger partial charge >= 0.3 is 54.8 Å². The molecule has 21 valence electrons. The van der Waals surface area contributed by atoms with Crippen LogP contribution in [-0.4, -0.2) is 37.7 Å². The fourth-order valence-electron chi connectivity index (χ4n) is 0. The molecule has 0 aliphatic carbocycles. The second kappa shape index (κ2) is 17.9. The van der Waals surface area contributed by atoms with E-state index in [9.17, 15) is 0 Å². The van der Waals surface area contributed by atoms with Crippen molar-refractivity contribution in [1.29, 1.82) is 0 Å². The monoisotopic (exact) mass is 159 g/mol. The summed E-state index contributed by atoms with van der Waals surface area (Å²) in [5.41, 5.74) is 0. The van der Waals surface area contributed by atoms with Crippen LogP contribution in [0.1, 0.15) is 0 Å². The van der Waals surface area contributed by atoms with Crippen molar-refractivity contribution in [2.24, 2.45) is 0 Å². The van der Waals surface area contributed by atoms with Crippen LogP contribution in [0.5, 0.6) is 0 Å². The molecule has 0 atom stereocenters. The summed E-state index contributed by atoms with van der Waals surface area (Å²) in [7, 11) is 0. The Labute approximate surface area is 80.5 Å². The van der Waals surface area contributed by atoms with E-state index in [1.54, 1.807) is 0 Å². The van der Waals surface area contributed by atoms with Gasteiger partial charge in [-0.25, -0.2) is 0 Å². The Bertz CT molecular complexity index is 6.00. The van der Waals surface area contributed by atoms with E-state index in [4.69, 9.17) is 0 Å². The Balaban J connectivity index is 0. The molecule has 0 saturated carbocycles. The Morgan fingerprint density at radius 3 is 0.750 bits per heavy atom. The van der Waals surface area contributed by atoms with Crippen LogP contribution >= 0.6 is 0 Å². The molecular weight excluding hydrogens is 159 g/mol. The predicted octanol–water partition coefficient (Wildman–Crippen LogP) is -0.388. The van der Waals surface area contributed by atoms with E-state index < -0.39 is 0 Å². The maximum Gasteiger partial charge on any atom is 2.00 e. The molecule has 0 N–H and O–H groups in total. The quantitative estimate of drug-likeness (QED) is 0.422. The van der Waals surface area contributed by atoms with Gasteiger partial charge in [0.1, 0.15) is 0 Å². The molecule has 0 bridgehead atoms. The fraction of sp³-hybridized carbons (Fsp3) is 0. The molecular formula is CaMnS2. The molecule has 0 fully saturated rings. The summed E-state index contributed by atoms with van der Waals surface area (Å²) in [5, 5.41) is 0. The summed E-state index contributed by atoms with van der Waals surface area (Å²) >= 11 is 0. The average Bonchev–Trinajstić information content (AvgIpc) is 0. The first-order valence-electron chi connectivity index (χ1n) is 0. The van der Waals surface area contributed by atoms with Gasteiger partial charge in [0.05, 0.1) is 0 Å². The molecule has 0 aromatic carbocycles. The Morgan fingerprint density at radius 2 is 0.750 bits per heavy atom. The van der Waals surface area contributed by atoms with E-state index in [0.29, 0.717) is 0 Å². The second-order valence-electron chi connectivity index (χ2n) is 0. The van der Waals surface area contributed by atoms with Gasteiger partial charge in [0.25, 0.3) is 0 Å². The largest absolute Gasteiger partial charge is 2.00 e. The van der Waals surface area contributed by atoms with Gasteiger partial charge < -0.3 is 27.0 Å². The average molecular weight is 159 g/mol. The molecule has 0 aromatic rings. The zero-order chi connectivity index (χ0) is 0. The maximum absolute atomic E-state index is 0. The Kier molecular flexibility index (Phi) is 142. The minimum atomic E-state index is 0. The van der Waals surface area contributed by atoms with Gasteiger partial charge in [0.15, 0.2) is 0 Å². The van der Waals surface area contributed by atoms with Crippen molar-refractivity contribution in [3.8, 4) is 0 Å². The molecule has 0 amide bonds. The van der Waals surface area contributed by atoms with Crippen LogP contribution in [0.2, 0.25) is 0 Å². The Hall–Kier alpha value is 2.48. The standard InChI is InChI=1S/Ca.Mn.2S/q2*+2;2*-2. The van der Waals surface area contributed by atoms with Crippen LogP contribution in [0.4, 0.5) is 0 Å². The van der Waals surface area contributed by atoms with Gasteiger partial charge in [0.2, 0.25) is 0 Å². The third-order valence-electron chi connectivity index (χ3n) is 0. The summed E-state index contributed by atoms with van der Waals surface area (Å²) in [6, 6.07) is 0. The van der Waals surface area contributed by atoms with E-state index in [2.05, 4.69) is 0 Å². The van der Waals surface area contributed by atoms with Gasteiger partial charge in [-0.2, -0.15) is 0 Å². The summed E-state index contributed by atoms with van der Waals surface area (Å²) in [5.74, 6) is 0. The smallest absolute Gasteiger partial charge is 2.00 e. The van der Waals surface area contributed by atoms with Crippen LogP contribution in [0.15, 0.2) is 0 Å². The van der Waals surface area contributed by atoms with Crippen molar-refractivity contribution in [1.82, 2.24) is 0 Å². The molecule has 0 rings (SSSR count). The number of hydrogen-bond donors (Lipinski definition) is 0. The summed E-state index contributed by atoms with van der Waals surface area (Å²) in [4.78, 5) is 0. The first kappa shape index (κ1) is 31.6. The minimum absolute atomic E-state index is 0. The van der Waals surface area contributed by atoms with E-state index >= 15 is 0 Å². The fourth-order valence-corrected chi connectivity index (χ4v) is 0. The SMILES string of the molecule is [Ca+2].[Mn+2].[S-2].[S-2]. The molecule has 4 heavy (non-hydrogen) atoms. The first-order chi connectivity index (χ1) is 0. The molecule has 0 spiro atoms. The van der Waals surface area contributed by atoms with Crippen LogP contribution < -0.4 is 0 Å². The number of rotatable bonds is 0. The van der Waals surface area contributed by atoms with Crippen molar-refractivity contribution in [3.63, 3.8) is 0 Å². The van der Waals surface area contributed by atoms with E-state index in [1.807, 2.05) is 0 Å². The second-order valence-corrected chi connectivity index (χ2v) is 0. The van der Waals surface area contributed by atoms with Gasteiger partial charge in [-0.1, -0.05) is 0 Å². The van der Waals surface area contributed by atoms with Gasteiger partial charge in [-0.3, -0.25) is 0 Å². The summed E-state index contributed by atoms with van der Waals surface area (Å²) < 4.78 is 0. The molecule has 0 unspecified atom stereocenters. The minimum Gasteiger partial charge on any atom is -2.00 e. The molecule has 0 saturated heterocycles. The van der Waals surface area contributed by atoms with Crippen molar-refractivity contribution in [3.05, 3.63) is 0 Å². The molecule has 4 heteroatoms. The predicted molar refractivity (Wildman–Crippen MR) is 20.5 cm³/mol. The third kappa shape index (κ3) is 8.82. The summed E-state index contributed by atoms with van der Waals surface area (Å²) in [6.45, 7) is 0. The first-order valence-corrected chi connectivity index (χ1v) is 0. The zero-order valence-corrected chi connectivity index (χ0v) is 6.92. The van der Waals surface area contributed by atoms with E-state index in [1.165, 1.54) is 0 Å². The normalized spacial score (nSPS) is 0. The zero-order valence-electron chi connectivity index (χ0n) is 1.90. The van der Waals surface area contributed by atoms with Crippen LogP contribution in [0.25, 0.3) is 0 Å². The van der Waals surface area contributed by atoms with Gasteiger partial charge in [-0.05, 0) is 0 Å². The van der Waals surface area contributed by atoms with Crippen LogP contribution in [-0.2, 0) is 44.1 Å². The van der Waals surface area contributed by atoms with Crippen molar-refractivity contribution in [2.45, 2.75) is 0 Å². The molecule has 0 nitrogen and oxygen atoms in total. The van der Waals surface area contributed by atoms with Crippen LogP contribution in [0, 0.1) is 0 Å². The van der Waals surface area contributed by atoms with Gasteiger partial charge in [-0.15, -0.1) is 0 Å². The topological polar surface area (TPSA) is 0 Å². The summed E-state index contributed by atoms with van der Waals surface area (Å²) in [6.07, 6.45) is 0. The van der Waals surface area contributed by atoms with Crippen molar-refractivity contribution >= 4 is 64.7 Å². The molecule has 1 radical (unpaired) electrons.